The Balaban J connectivity index is 2.07. The highest BCUT2D eigenvalue weighted by Gasteiger charge is 2.56. The van der Waals surface area contributed by atoms with Gasteiger partial charge in [-0.2, -0.15) is 0 Å². The van der Waals surface area contributed by atoms with E-state index in [2.05, 4.69) is 0 Å². The maximum atomic E-state index is 13.2. The van der Waals surface area contributed by atoms with Crippen LogP contribution < -0.4 is 10.5 Å². The molecule has 80 valence electrons. The molecular formula is C12H14FNO. The molecule has 1 aromatic rings. The van der Waals surface area contributed by atoms with E-state index in [1.54, 1.807) is 12.1 Å². The number of benzene rings is 1. The first-order valence-corrected chi connectivity index (χ1v) is 5.39. The molecule has 2 nitrogen and oxygen atoms in total. The number of nitrogens with two attached hydrogens (primary N) is 1. The van der Waals surface area contributed by atoms with E-state index in [4.69, 9.17) is 10.5 Å². The highest BCUT2D eigenvalue weighted by Crippen LogP contribution is 2.60. The van der Waals surface area contributed by atoms with Gasteiger partial charge in [0, 0.05) is 11.0 Å². The summed E-state index contributed by atoms with van der Waals surface area (Å²) in [6.07, 6.45) is 2.06. The molecule has 0 amide bonds. The van der Waals surface area contributed by atoms with Crippen LogP contribution in [0.3, 0.4) is 0 Å². The number of ether oxygens (including phenoxy) is 1. The van der Waals surface area contributed by atoms with Gasteiger partial charge in [0.05, 0.1) is 6.61 Å². The summed E-state index contributed by atoms with van der Waals surface area (Å²) in [4.78, 5) is 0. The van der Waals surface area contributed by atoms with E-state index in [-0.39, 0.29) is 11.2 Å². The van der Waals surface area contributed by atoms with Crippen molar-refractivity contribution in [1.82, 2.24) is 0 Å². The van der Waals surface area contributed by atoms with Crippen LogP contribution in [0.1, 0.15) is 18.4 Å². The fourth-order valence-electron chi connectivity index (χ4n) is 2.82. The van der Waals surface area contributed by atoms with Crippen LogP contribution in [0, 0.1) is 11.7 Å². The maximum Gasteiger partial charge on any atom is 0.123 e. The Bertz CT molecular complexity index is 407. The number of rotatable bonds is 1. The number of hydrogen-bond acceptors (Lipinski definition) is 2. The Morgan fingerprint density at radius 2 is 2.40 bits per heavy atom. The predicted octanol–water partition coefficient (Wildman–Crippen LogP) is 1.82. The van der Waals surface area contributed by atoms with Crippen LogP contribution in [-0.2, 0) is 5.41 Å². The molecule has 1 aromatic carbocycles. The molecule has 2 N–H and O–H groups in total. The fourth-order valence-corrected chi connectivity index (χ4v) is 2.82. The summed E-state index contributed by atoms with van der Waals surface area (Å²) in [6.45, 7) is 1.42. The summed E-state index contributed by atoms with van der Waals surface area (Å²) in [5.74, 6) is 1.18. The predicted molar refractivity (Wildman–Crippen MR) is 55.4 cm³/mol. The van der Waals surface area contributed by atoms with Crippen molar-refractivity contribution in [3.63, 3.8) is 0 Å². The third kappa shape index (κ3) is 1.19. The summed E-state index contributed by atoms with van der Waals surface area (Å²) >= 11 is 0. The fraction of sp³-hybridized carbons (Fsp3) is 0.500. The third-order valence-electron chi connectivity index (χ3n) is 3.80. The number of halogens is 1. The highest BCUT2D eigenvalue weighted by atomic mass is 19.1. The number of fused-ring (bicyclic) bond motifs is 2. The quantitative estimate of drug-likeness (QED) is 0.762. The monoisotopic (exact) mass is 207 g/mol. The smallest absolute Gasteiger partial charge is 0.123 e. The van der Waals surface area contributed by atoms with Gasteiger partial charge < -0.3 is 10.5 Å². The van der Waals surface area contributed by atoms with Crippen LogP contribution in [0.15, 0.2) is 18.2 Å². The van der Waals surface area contributed by atoms with Crippen molar-refractivity contribution >= 4 is 0 Å². The molecule has 1 heterocycles. The Kier molecular flexibility index (Phi) is 1.80. The van der Waals surface area contributed by atoms with E-state index in [0.717, 1.165) is 30.8 Å². The molecule has 15 heavy (non-hydrogen) atoms. The highest BCUT2D eigenvalue weighted by molar-refractivity contribution is 5.46. The molecule has 0 radical (unpaired) electrons. The van der Waals surface area contributed by atoms with E-state index in [0.29, 0.717) is 12.5 Å². The van der Waals surface area contributed by atoms with Crippen molar-refractivity contribution in [3.8, 4) is 5.75 Å². The van der Waals surface area contributed by atoms with Gasteiger partial charge in [-0.1, -0.05) is 0 Å². The van der Waals surface area contributed by atoms with Gasteiger partial charge in [-0.05, 0) is 43.5 Å². The Hall–Kier alpha value is -1.09. The van der Waals surface area contributed by atoms with Crippen LogP contribution in [0.25, 0.3) is 0 Å². The molecule has 3 rings (SSSR count). The summed E-state index contributed by atoms with van der Waals surface area (Å²) in [7, 11) is 0. The Morgan fingerprint density at radius 1 is 1.53 bits per heavy atom. The summed E-state index contributed by atoms with van der Waals surface area (Å²) in [5, 5.41) is 0. The van der Waals surface area contributed by atoms with Crippen molar-refractivity contribution in [1.29, 1.82) is 0 Å². The lowest BCUT2D eigenvalue weighted by Crippen LogP contribution is -2.24. The van der Waals surface area contributed by atoms with Gasteiger partial charge >= 0.3 is 0 Å². The minimum absolute atomic E-state index is 0.129. The molecular weight excluding hydrogens is 193 g/mol. The maximum absolute atomic E-state index is 13.2. The van der Waals surface area contributed by atoms with Crippen molar-refractivity contribution < 1.29 is 9.13 Å². The number of hydrogen-bond donors (Lipinski definition) is 1. The second-order valence-electron chi connectivity index (χ2n) is 4.53. The molecule has 0 unspecified atom stereocenters. The van der Waals surface area contributed by atoms with Crippen LogP contribution in [0.5, 0.6) is 5.75 Å². The first-order chi connectivity index (χ1) is 7.26. The lowest BCUT2D eigenvalue weighted by Gasteiger charge is -2.26. The first-order valence-electron chi connectivity index (χ1n) is 5.39. The van der Waals surface area contributed by atoms with E-state index < -0.39 is 0 Å². The van der Waals surface area contributed by atoms with E-state index >= 15 is 0 Å². The Labute approximate surface area is 88.2 Å². The minimum atomic E-state index is -0.179. The molecule has 2 atom stereocenters. The molecule has 0 bridgehead atoms. The topological polar surface area (TPSA) is 35.2 Å². The second kappa shape index (κ2) is 2.95. The Morgan fingerprint density at radius 3 is 3.13 bits per heavy atom. The van der Waals surface area contributed by atoms with Gasteiger partial charge in [0.15, 0.2) is 0 Å². The standard InChI is InChI=1S/C12H14FNO/c13-9-1-2-11-10(5-9)12(3-4-15-11)6-8(12)7-14/h1-2,5,8H,3-4,6-7,14H2/t8-,12+/m1/s1. The van der Waals surface area contributed by atoms with Gasteiger partial charge in [0.25, 0.3) is 0 Å². The zero-order valence-corrected chi connectivity index (χ0v) is 8.50. The third-order valence-corrected chi connectivity index (χ3v) is 3.80. The van der Waals surface area contributed by atoms with E-state index in [1.165, 1.54) is 6.07 Å². The van der Waals surface area contributed by atoms with Crippen molar-refractivity contribution in [2.24, 2.45) is 11.7 Å². The van der Waals surface area contributed by atoms with Gasteiger partial charge in [0.2, 0.25) is 0 Å². The molecule has 1 spiro atoms. The zero-order chi connectivity index (χ0) is 10.5. The van der Waals surface area contributed by atoms with Crippen LogP contribution in [0.2, 0.25) is 0 Å². The van der Waals surface area contributed by atoms with Crippen LogP contribution in [0.4, 0.5) is 4.39 Å². The lowest BCUT2D eigenvalue weighted by molar-refractivity contribution is 0.253. The molecule has 0 saturated heterocycles. The van der Waals surface area contributed by atoms with Gasteiger partial charge in [-0.3, -0.25) is 0 Å². The zero-order valence-electron chi connectivity index (χ0n) is 8.50. The largest absolute Gasteiger partial charge is 0.493 e. The van der Waals surface area contributed by atoms with Gasteiger partial charge in [-0.15, -0.1) is 0 Å². The van der Waals surface area contributed by atoms with Crippen molar-refractivity contribution in [3.05, 3.63) is 29.6 Å². The molecule has 1 aliphatic heterocycles. The summed E-state index contributed by atoms with van der Waals surface area (Å²) < 4.78 is 18.7. The molecule has 2 aliphatic rings. The van der Waals surface area contributed by atoms with Crippen LogP contribution >= 0.6 is 0 Å². The van der Waals surface area contributed by atoms with Crippen molar-refractivity contribution in [2.75, 3.05) is 13.2 Å². The minimum Gasteiger partial charge on any atom is -0.493 e. The van der Waals surface area contributed by atoms with E-state index in [1.807, 2.05) is 0 Å². The average Bonchev–Trinajstić information content (AvgIpc) is 2.94. The first kappa shape index (κ1) is 9.16. The molecule has 1 saturated carbocycles. The SMILES string of the molecule is NC[C@H]1C[C@@]12CCOc1ccc(F)cc12. The molecule has 1 fully saturated rings. The lowest BCUT2D eigenvalue weighted by atomic mass is 9.87. The average molecular weight is 207 g/mol. The van der Waals surface area contributed by atoms with E-state index in [9.17, 15) is 4.39 Å². The van der Waals surface area contributed by atoms with Gasteiger partial charge in [0.1, 0.15) is 11.6 Å². The molecule has 0 aromatic heterocycles. The summed E-state index contributed by atoms with van der Waals surface area (Å²) in [6, 6.07) is 4.80. The summed E-state index contributed by atoms with van der Waals surface area (Å²) in [5.41, 5.74) is 6.86. The second-order valence-corrected chi connectivity index (χ2v) is 4.53. The van der Waals surface area contributed by atoms with Gasteiger partial charge in [-0.25, -0.2) is 4.39 Å². The van der Waals surface area contributed by atoms with Crippen LogP contribution in [-0.4, -0.2) is 13.2 Å². The van der Waals surface area contributed by atoms with Crippen molar-refractivity contribution in [2.45, 2.75) is 18.3 Å². The molecule has 1 aliphatic carbocycles. The normalized spacial score (nSPS) is 32.3. The molecule has 3 heteroatoms.